The van der Waals surface area contributed by atoms with Crippen LogP contribution in [0.15, 0.2) is 34.7 Å². The Morgan fingerprint density at radius 3 is 2.96 bits per heavy atom. The minimum Gasteiger partial charge on any atom is -0.488 e. The number of nitrogens with zero attached hydrogens (tertiary/aromatic N) is 1. The van der Waals surface area contributed by atoms with Crippen molar-refractivity contribution in [2.45, 2.75) is 24.3 Å². The average molecular weight is 388 g/mol. The summed E-state index contributed by atoms with van der Waals surface area (Å²) in [5, 5.41) is 5.60. The van der Waals surface area contributed by atoms with E-state index in [1.54, 1.807) is 11.4 Å². The highest BCUT2D eigenvalue weighted by Crippen LogP contribution is 2.31. The van der Waals surface area contributed by atoms with Crippen molar-refractivity contribution in [2.75, 3.05) is 17.8 Å². The van der Waals surface area contributed by atoms with E-state index in [0.29, 0.717) is 16.8 Å². The van der Waals surface area contributed by atoms with Crippen molar-refractivity contribution in [3.8, 4) is 5.75 Å². The maximum absolute atomic E-state index is 12.4. The van der Waals surface area contributed by atoms with E-state index in [2.05, 4.69) is 21.9 Å². The first-order chi connectivity index (χ1) is 11.5. The van der Waals surface area contributed by atoms with Gasteiger partial charge in [0.2, 0.25) is 0 Å². The van der Waals surface area contributed by atoms with Gasteiger partial charge in [0.15, 0.2) is 5.13 Å². The monoisotopic (exact) mass is 387 g/mol. The summed E-state index contributed by atoms with van der Waals surface area (Å²) in [5.74, 6) is 0.869. The maximum Gasteiger partial charge on any atom is 0.263 e. The van der Waals surface area contributed by atoms with Crippen LogP contribution in [0, 0.1) is 5.92 Å². The predicted molar refractivity (Wildman–Crippen MR) is 95.4 cm³/mol. The Hall–Kier alpha value is -1.35. The Kier molecular flexibility index (Phi) is 5.29. The molecule has 24 heavy (non-hydrogen) atoms. The number of aromatic nitrogens is 1. The second-order valence-electron chi connectivity index (χ2n) is 5.66. The minimum atomic E-state index is -3.72. The normalized spacial score (nSPS) is 21.4. The summed E-state index contributed by atoms with van der Waals surface area (Å²) < 4.78 is 33.1. The molecule has 0 amide bonds. The number of hydrogen-bond acceptors (Lipinski definition) is 6. The van der Waals surface area contributed by atoms with Crippen LogP contribution in [-0.4, -0.2) is 32.6 Å². The fourth-order valence-electron chi connectivity index (χ4n) is 2.52. The number of sulfonamides is 1. The molecule has 1 fully saturated rings. The standard InChI is InChI=1S/C15H18ClN3O3S2/c1-10-9-17-5-4-13(10)22-14-3-2-11(8-12(14)16)24(20,21)19-15-18-6-7-23-15/h2-3,6-8,10,13,17H,4-5,9H2,1H3,(H,18,19)/t10-,13+/m0/s1. The van der Waals surface area contributed by atoms with Crippen molar-refractivity contribution in [1.29, 1.82) is 0 Å². The van der Waals surface area contributed by atoms with Gasteiger partial charge < -0.3 is 10.1 Å². The van der Waals surface area contributed by atoms with Crippen molar-refractivity contribution in [3.05, 3.63) is 34.8 Å². The van der Waals surface area contributed by atoms with Crippen LogP contribution in [0.2, 0.25) is 5.02 Å². The van der Waals surface area contributed by atoms with Gasteiger partial charge in [-0.25, -0.2) is 13.4 Å². The zero-order chi connectivity index (χ0) is 17.2. The molecule has 2 N–H and O–H groups in total. The summed E-state index contributed by atoms with van der Waals surface area (Å²) >= 11 is 7.45. The highest BCUT2D eigenvalue weighted by Gasteiger charge is 2.24. The van der Waals surface area contributed by atoms with E-state index >= 15 is 0 Å². The van der Waals surface area contributed by atoms with Crippen LogP contribution in [0.5, 0.6) is 5.75 Å². The first-order valence-electron chi connectivity index (χ1n) is 7.55. The molecule has 1 aromatic heterocycles. The van der Waals surface area contributed by atoms with E-state index in [9.17, 15) is 8.42 Å². The largest absolute Gasteiger partial charge is 0.488 e. The molecule has 6 nitrogen and oxygen atoms in total. The van der Waals surface area contributed by atoms with Crippen LogP contribution in [0.4, 0.5) is 5.13 Å². The quantitative estimate of drug-likeness (QED) is 0.824. The third-order valence-corrected chi connectivity index (χ3v) is 6.30. The van der Waals surface area contributed by atoms with E-state index in [-0.39, 0.29) is 16.0 Å². The van der Waals surface area contributed by atoms with Gasteiger partial charge >= 0.3 is 0 Å². The van der Waals surface area contributed by atoms with Gasteiger partial charge in [-0.15, -0.1) is 11.3 Å². The number of piperidine rings is 1. The van der Waals surface area contributed by atoms with Crippen LogP contribution >= 0.6 is 22.9 Å². The maximum atomic E-state index is 12.4. The van der Waals surface area contributed by atoms with Gasteiger partial charge in [-0.3, -0.25) is 4.72 Å². The average Bonchev–Trinajstić information content (AvgIpc) is 3.03. The van der Waals surface area contributed by atoms with Gasteiger partial charge in [-0.1, -0.05) is 18.5 Å². The summed E-state index contributed by atoms with van der Waals surface area (Å²) in [4.78, 5) is 3.99. The van der Waals surface area contributed by atoms with E-state index < -0.39 is 10.0 Å². The van der Waals surface area contributed by atoms with Crippen LogP contribution in [0.3, 0.4) is 0 Å². The van der Waals surface area contributed by atoms with E-state index in [4.69, 9.17) is 16.3 Å². The Balaban J connectivity index is 1.76. The molecule has 9 heteroatoms. The Labute approximate surface area is 150 Å². The van der Waals surface area contributed by atoms with Gasteiger partial charge in [0, 0.05) is 24.0 Å². The molecule has 2 atom stereocenters. The molecule has 1 aromatic carbocycles. The molecular weight excluding hydrogens is 370 g/mol. The Morgan fingerprint density at radius 1 is 1.46 bits per heavy atom. The Morgan fingerprint density at radius 2 is 2.29 bits per heavy atom. The van der Waals surface area contributed by atoms with Crippen LogP contribution in [0.1, 0.15) is 13.3 Å². The fourth-order valence-corrected chi connectivity index (χ4v) is 4.62. The summed E-state index contributed by atoms with van der Waals surface area (Å²) in [6.45, 7) is 3.91. The smallest absolute Gasteiger partial charge is 0.263 e. The highest BCUT2D eigenvalue weighted by molar-refractivity contribution is 7.93. The zero-order valence-corrected chi connectivity index (χ0v) is 15.4. The molecule has 0 radical (unpaired) electrons. The molecule has 1 aliphatic heterocycles. The molecule has 0 bridgehead atoms. The minimum absolute atomic E-state index is 0.0691. The first kappa shape index (κ1) is 17.5. The third kappa shape index (κ3) is 4.00. The summed E-state index contributed by atoms with van der Waals surface area (Å²) in [6.07, 6.45) is 2.50. The molecule has 0 spiro atoms. The molecule has 0 saturated carbocycles. The van der Waals surface area contributed by atoms with Crippen molar-refractivity contribution < 1.29 is 13.2 Å². The lowest BCUT2D eigenvalue weighted by Gasteiger charge is -2.30. The van der Waals surface area contributed by atoms with Crippen molar-refractivity contribution in [2.24, 2.45) is 5.92 Å². The van der Waals surface area contributed by atoms with Crippen LogP contribution in [-0.2, 0) is 10.0 Å². The van der Waals surface area contributed by atoms with Gasteiger partial charge in [0.05, 0.1) is 9.92 Å². The van der Waals surface area contributed by atoms with Crippen LogP contribution < -0.4 is 14.8 Å². The summed E-state index contributed by atoms with van der Waals surface area (Å²) in [7, 11) is -3.72. The molecular formula is C15H18ClN3O3S2. The van der Waals surface area contributed by atoms with Gasteiger partial charge in [0.1, 0.15) is 11.9 Å². The lowest BCUT2D eigenvalue weighted by Crippen LogP contribution is -2.41. The number of halogens is 1. The zero-order valence-electron chi connectivity index (χ0n) is 13.0. The number of anilines is 1. The predicted octanol–water partition coefficient (Wildman–Crippen LogP) is 2.97. The number of thiazole rings is 1. The molecule has 2 heterocycles. The number of nitrogens with one attached hydrogen (secondary N) is 2. The molecule has 0 aliphatic carbocycles. The van der Waals surface area contributed by atoms with E-state index in [0.717, 1.165) is 19.5 Å². The molecule has 1 aliphatic rings. The second kappa shape index (κ2) is 7.26. The van der Waals surface area contributed by atoms with Gasteiger partial charge in [0.25, 0.3) is 10.0 Å². The van der Waals surface area contributed by atoms with Gasteiger partial charge in [-0.2, -0.15) is 0 Å². The number of benzene rings is 1. The SMILES string of the molecule is C[C@H]1CNCC[C@H]1Oc1ccc(S(=O)(=O)Nc2nccs2)cc1Cl. The van der Waals surface area contributed by atoms with Crippen molar-refractivity contribution >= 4 is 38.1 Å². The van der Waals surface area contributed by atoms with E-state index in [1.165, 1.54) is 29.7 Å². The number of rotatable bonds is 5. The summed E-state index contributed by atoms with van der Waals surface area (Å²) in [6, 6.07) is 4.50. The van der Waals surface area contributed by atoms with Crippen molar-refractivity contribution in [3.63, 3.8) is 0 Å². The summed E-state index contributed by atoms with van der Waals surface area (Å²) in [5.41, 5.74) is 0. The number of hydrogen-bond donors (Lipinski definition) is 2. The Bertz CT molecular complexity index is 796. The first-order valence-corrected chi connectivity index (χ1v) is 10.3. The molecule has 130 valence electrons. The lowest BCUT2D eigenvalue weighted by atomic mass is 9.98. The third-order valence-electron chi connectivity index (χ3n) is 3.85. The molecule has 3 rings (SSSR count). The van der Waals surface area contributed by atoms with Gasteiger partial charge in [-0.05, 0) is 31.2 Å². The molecule has 0 unspecified atom stereocenters. The number of ether oxygens (including phenoxy) is 1. The highest BCUT2D eigenvalue weighted by atomic mass is 35.5. The van der Waals surface area contributed by atoms with Crippen molar-refractivity contribution in [1.82, 2.24) is 10.3 Å². The topological polar surface area (TPSA) is 80.3 Å². The molecule has 2 aromatic rings. The fraction of sp³-hybridized carbons (Fsp3) is 0.400. The van der Waals surface area contributed by atoms with Crippen LogP contribution in [0.25, 0.3) is 0 Å². The molecule has 1 saturated heterocycles. The second-order valence-corrected chi connectivity index (χ2v) is 8.65. The lowest BCUT2D eigenvalue weighted by molar-refractivity contribution is 0.112. The van der Waals surface area contributed by atoms with E-state index in [1.807, 2.05) is 0 Å².